The van der Waals surface area contributed by atoms with E-state index < -0.39 is 0 Å². The molecule has 0 radical (unpaired) electrons. The smallest absolute Gasteiger partial charge is 0.253 e. The molecule has 0 unspecified atom stereocenters. The first kappa shape index (κ1) is 16.8. The molecule has 2 aromatic rings. The topological polar surface area (TPSA) is 40.6 Å². The number of benzene rings is 2. The number of hydrogen-bond donors (Lipinski definition) is 0. The van der Waals surface area contributed by atoms with E-state index in [0.29, 0.717) is 26.2 Å². The number of amides is 2. The fourth-order valence-electron chi connectivity index (χ4n) is 3.80. The molecule has 4 nitrogen and oxygen atoms in total. The molecule has 0 spiro atoms. The van der Waals surface area contributed by atoms with Gasteiger partial charge in [0.15, 0.2) is 0 Å². The van der Waals surface area contributed by atoms with Gasteiger partial charge in [-0.15, -0.1) is 0 Å². The highest BCUT2D eigenvalue weighted by Crippen LogP contribution is 2.49. The molecule has 4 rings (SSSR count). The lowest BCUT2D eigenvalue weighted by atomic mass is 9.94. The van der Waals surface area contributed by atoms with Gasteiger partial charge in [0.05, 0.1) is 5.41 Å². The lowest BCUT2D eigenvalue weighted by Gasteiger charge is -2.36. The fraction of sp³-hybridized carbons (Fsp3) is 0.364. The monoisotopic (exact) mass is 348 g/mol. The molecule has 0 N–H and O–H groups in total. The van der Waals surface area contributed by atoms with Crippen molar-refractivity contribution in [3.63, 3.8) is 0 Å². The van der Waals surface area contributed by atoms with Crippen LogP contribution in [0.15, 0.2) is 54.6 Å². The highest BCUT2D eigenvalue weighted by molar-refractivity contribution is 5.95. The van der Waals surface area contributed by atoms with E-state index in [1.165, 1.54) is 0 Å². The molecule has 2 fully saturated rings. The Bertz CT molecular complexity index is 802. The van der Waals surface area contributed by atoms with Gasteiger partial charge in [-0.05, 0) is 37.5 Å². The van der Waals surface area contributed by atoms with Crippen LogP contribution in [0.4, 0.5) is 0 Å². The summed E-state index contributed by atoms with van der Waals surface area (Å²) >= 11 is 0. The minimum absolute atomic E-state index is 0.0568. The van der Waals surface area contributed by atoms with Gasteiger partial charge in [0.2, 0.25) is 5.91 Å². The van der Waals surface area contributed by atoms with Gasteiger partial charge >= 0.3 is 0 Å². The van der Waals surface area contributed by atoms with Crippen molar-refractivity contribution in [3.8, 4) is 0 Å². The van der Waals surface area contributed by atoms with Crippen LogP contribution in [0.3, 0.4) is 0 Å². The number of piperazine rings is 1. The first-order valence-corrected chi connectivity index (χ1v) is 9.31. The summed E-state index contributed by atoms with van der Waals surface area (Å²) in [6.45, 7) is 4.45. The van der Waals surface area contributed by atoms with Crippen molar-refractivity contribution in [3.05, 3.63) is 71.3 Å². The summed E-state index contributed by atoms with van der Waals surface area (Å²) in [7, 11) is 0. The zero-order chi connectivity index (χ0) is 18.1. The van der Waals surface area contributed by atoms with Crippen LogP contribution >= 0.6 is 0 Å². The third-order valence-electron chi connectivity index (χ3n) is 5.64. The Morgan fingerprint density at radius 3 is 1.96 bits per heavy atom. The second-order valence-electron chi connectivity index (χ2n) is 7.40. The van der Waals surface area contributed by atoms with Gasteiger partial charge in [0, 0.05) is 31.7 Å². The quantitative estimate of drug-likeness (QED) is 0.855. The highest BCUT2D eigenvalue weighted by Gasteiger charge is 2.53. The summed E-state index contributed by atoms with van der Waals surface area (Å²) in [5, 5.41) is 0. The van der Waals surface area contributed by atoms with E-state index in [0.717, 1.165) is 29.5 Å². The first-order valence-electron chi connectivity index (χ1n) is 9.31. The van der Waals surface area contributed by atoms with Crippen molar-refractivity contribution in [2.75, 3.05) is 26.2 Å². The summed E-state index contributed by atoms with van der Waals surface area (Å²) in [6, 6.07) is 17.8. The molecule has 2 aliphatic rings. The molecule has 0 atom stereocenters. The molecular formula is C22H24N2O2. The number of carbonyl (C=O) groups is 2. The van der Waals surface area contributed by atoms with Crippen LogP contribution in [0.1, 0.15) is 34.3 Å². The van der Waals surface area contributed by atoms with Gasteiger partial charge in [-0.25, -0.2) is 0 Å². The second kappa shape index (κ2) is 6.60. The van der Waals surface area contributed by atoms with E-state index in [9.17, 15) is 9.59 Å². The third-order valence-corrected chi connectivity index (χ3v) is 5.64. The molecule has 1 saturated heterocycles. The van der Waals surface area contributed by atoms with E-state index in [1.807, 2.05) is 59.2 Å². The molecule has 1 aliphatic heterocycles. The van der Waals surface area contributed by atoms with Crippen molar-refractivity contribution in [2.45, 2.75) is 25.2 Å². The molecule has 4 heteroatoms. The average Bonchev–Trinajstić information content (AvgIpc) is 3.50. The summed E-state index contributed by atoms with van der Waals surface area (Å²) in [4.78, 5) is 29.5. The standard InChI is InChI=1S/C22H24N2O2/c1-17-7-9-18(10-8-17)20(25)23-13-15-24(16-14-23)21(26)22(11-12-22)19-5-3-2-4-6-19/h2-10H,11-16H2,1H3. The fourth-order valence-corrected chi connectivity index (χ4v) is 3.80. The van der Waals surface area contributed by atoms with Crippen LogP contribution < -0.4 is 0 Å². The highest BCUT2D eigenvalue weighted by atomic mass is 16.2. The van der Waals surface area contributed by atoms with Gasteiger partial charge < -0.3 is 9.80 Å². The number of carbonyl (C=O) groups excluding carboxylic acids is 2. The van der Waals surface area contributed by atoms with E-state index in [4.69, 9.17) is 0 Å². The predicted molar refractivity (Wildman–Crippen MR) is 101 cm³/mol. The van der Waals surface area contributed by atoms with E-state index in [2.05, 4.69) is 12.1 Å². The Balaban J connectivity index is 1.40. The number of aryl methyl sites for hydroxylation is 1. The van der Waals surface area contributed by atoms with Crippen molar-refractivity contribution in [2.24, 2.45) is 0 Å². The molecule has 1 aliphatic carbocycles. The lowest BCUT2D eigenvalue weighted by Crippen LogP contribution is -2.53. The molecule has 0 bridgehead atoms. The molecular weight excluding hydrogens is 324 g/mol. The Kier molecular flexibility index (Phi) is 4.27. The normalized spacial score (nSPS) is 18.5. The third kappa shape index (κ3) is 3.00. The Morgan fingerprint density at radius 1 is 0.808 bits per heavy atom. The number of hydrogen-bond acceptors (Lipinski definition) is 2. The second-order valence-corrected chi connectivity index (χ2v) is 7.40. The molecule has 134 valence electrons. The SMILES string of the molecule is Cc1ccc(C(=O)N2CCN(C(=O)C3(c4ccccc4)CC3)CC2)cc1. The van der Waals surface area contributed by atoms with E-state index in [1.54, 1.807) is 0 Å². The van der Waals surface area contributed by atoms with E-state index >= 15 is 0 Å². The lowest BCUT2D eigenvalue weighted by molar-refractivity contribution is -0.135. The van der Waals surface area contributed by atoms with Crippen molar-refractivity contribution in [1.29, 1.82) is 0 Å². The molecule has 0 aromatic heterocycles. The summed E-state index contributed by atoms with van der Waals surface area (Å²) in [5.41, 5.74) is 2.68. The van der Waals surface area contributed by atoms with Gasteiger partial charge in [0.1, 0.15) is 0 Å². The van der Waals surface area contributed by atoms with Crippen molar-refractivity contribution >= 4 is 11.8 Å². The van der Waals surface area contributed by atoms with Gasteiger partial charge in [-0.2, -0.15) is 0 Å². The van der Waals surface area contributed by atoms with Gasteiger partial charge in [0.25, 0.3) is 5.91 Å². The van der Waals surface area contributed by atoms with Crippen molar-refractivity contribution in [1.82, 2.24) is 9.80 Å². The molecule has 26 heavy (non-hydrogen) atoms. The minimum atomic E-state index is -0.315. The van der Waals surface area contributed by atoms with Crippen LogP contribution in [-0.4, -0.2) is 47.8 Å². The maximum atomic E-state index is 13.1. The van der Waals surface area contributed by atoms with Crippen molar-refractivity contribution < 1.29 is 9.59 Å². The van der Waals surface area contributed by atoms with Crippen LogP contribution in [0, 0.1) is 6.92 Å². The maximum absolute atomic E-state index is 13.1. The van der Waals surface area contributed by atoms with Crippen LogP contribution in [0.5, 0.6) is 0 Å². The van der Waals surface area contributed by atoms with Gasteiger partial charge in [-0.3, -0.25) is 9.59 Å². The number of nitrogens with zero attached hydrogens (tertiary/aromatic N) is 2. The number of rotatable bonds is 3. The summed E-state index contributed by atoms with van der Waals surface area (Å²) in [6.07, 6.45) is 1.86. The Labute approximate surface area is 154 Å². The average molecular weight is 348 g/mol. The first-order chi connectivity index (χ1) is 12.6. The van der Waals surface area contributed by atoms with E-state index in [-0.39, 0.29) is 17.2 Å². The van der Waals surface area contributed by atoms with Crippen LogP contribution in [0.25, 0.3) is 0 Å². The van der Waals surface area contributed by atoms with Crippen LogP contribution in [-0.2, 0) is 10.2 Å². The Morgan fingerprint density at radius 2 is 1.38 bits per heavy atom. The molecule has 1 saturated carbocycles. The minimum Gasteiger partial charge on any atom is -0.338 e. The maximum Gasteiger partial charge on any atom is 0.253 e. The van der Waals surface area contributed by atoms with Gasteiger partial charge in [-0.1, -0.05) is 48.0 Å². The zero-order valence-electron chi connectivity index (χ0n) is 15.1. The summed E-state index contributed by atoms with van der Waals surface area (Å²) in [5.74, 6) is 0.285. The van der Waals surface area contributed by atoms with Crippen LogP contribution in [0.2, 0.25) is 0 Å². The largest absolute Gasteiger partial charge is 0.338 e. The summed E-state index contributed by atoms with van der Waals surface area (Å²) < 4.78 is 0. The molecule has 2 aromatic carbocycles. The zero-order valence-corrected chi connectivity index (χ0v) is 15.1. The molecule has 1 heterocycles. The Hall–Kier alpha value is -2.62. The molecule has 2 amide bonds. The predicted octanol–water partition coefficient (Wildman–Crippen LogP) is 3.01.